The van der Waals surface area contributed by atoms with Gasteiger partial charge in [-0.05, 0) is 31.6 Å². The third-order valence-corrected chi connectivity index (χ3v) is 4.65. The molecule has 0 amide bonds. The van der Waals surface area contributed by atoms with Gasteiger partial charge in [0.25, 0.3) is 0 Å². The van der Waals surface area contributed by atoms with Crippen LogP contribution in [0.3, 0.4) is 0 Å². The molecule has 3 aromatic rings. The van der Waals surface area contributed by atoms with Gasteiger partial charge in [0.1, 0.15) is 11.6 Å². The first-order valence-electron chi connectivity index (χ1n) is 9.04. The first-order valence-corrected chi connectivity index (χ1v) is 9.04. The number of benzene rings is 1. The smallest absolute Gasteiger partial charge is 0.205 e. The molecule has 0 atom stereocenters. The summed E-state index contributed by atoms with van der Waals surface area (Å²) in [6.45, 7) is 8.84. The summed E-state index contributed by atoms with van der Waals surface area (Å²) in [5, 5.41) is 13.9. The van der Waals surface area contributed by atoms with Crippen LogP contribution < -0.4 is 0 Å². The number of nitrogens with zero attached hydrogens (tertiary/aromatic N) is 4. The van der Waals surface area contributed by atoms with Crippen molar-refractivity contribution in [3.63, 3.8) is 0 Å². The molecule has 5 heteroatoms. The van der Waals surface area contributed by atoms with E-state index in [0.29, 0.717) is 18.7 Å². The Kier molecular flexibility index (Phi) is 5.71. The van der Waals surface area contributed by atoms with E-state index in [2.05, 4.69) is 11.7 Å². The van der Waals surface area contributed by atoms with Crippen LogP contribution in [0.25, 0.3) is 6.08 Å². The molecule has 0 saturated carbocycles. The topological polar surface area (TPSA) is 63.6 Å². The van der Waals surface area contributed by atoms with Gasteiger partial charge >= 0.3 is 0 Å². The SMILES string of the molecule is C=CCn1c(C)cc(C(=O)/C(C#N)=C/c2cnn(Cc3ccccc3)c2)c1C. The minimum atomic E-state index is -0.276. The van der Waals surface area contributed by atoms with E-state index < -0.39 is 0 Å². The van der Waals surface area contributed by atoms with E-state index in [1.165, 1.54) is 0 Å². The van der Waals surface area contributed by atoms with E-state index in [1.807, 2.05) is 67.1 Å². The molecule has 0 unspecified atom stereocenters. The molecule has 2 aromatic heterocycles. The molecule has 2 heterocycles. The maximum atomic E-state index is 12.9. The second-order valence-electron chi connectivity index (χ2n) is 6.64. The monoisotopic (exact) mass is 370 g/mol. The summed E-state index contributed by atoms with van der Waals surface area (Å²) in [5.41, 5.74) is 4.30. The number of rotatable bonds is 7. The number of hydrogen-bond donors (Lipinski definition) is 0. The average Bonchev–Trinajstić information content (AvgIpc) is 3.25. The van der Waals surface area contributed by atoms with Gasteiger partial charge in [-0.1, -0.05) is 36.4 Å². The fraction of sp³-hybridized carbons (Fsp3) is 0.174. The molecule has 0 aliphatic rings. The van der Waals surface area contributed by atoms with Crippen molar-refractivity contribution in [1.82, 2.24) is 14.3 Å². The molecule has 0 saturated heterocycles. The Morgan fingerprint density at radius 3 is 2.71 bits per heavy atom. The summed E-state index contributed by atoms with van der Waals surface area (Å²) in [6.07, 6.45) is 6.88. The van der Waals surface area contributed by atoms with Crippen molar-refractivity contribution in [2.75, 3.05) is 0 Å². The Morgan fingerprint density at radius 1 is 1.29 bits per heavy atom. The number of nitriles is 1. The van der Waals surface area contributed by atoms with E-state index in [9.17, 15) is 10.1 Å². The average molecular weight is 370 g/mol. The van der Waals surface area contributed by atoms with Crippen LogP contribution in [0.15, 0.2) is 67.0 Å². The zero-order valence-electron chi connectivity index (χ0n) is 16.1. The van der Waals surface area contributed by atoms with Crippen molar-refractivity contribution in [1.29, 1.82) is 5.26 Å². The molecular formula is C23H22N4O. The number of aromatic nitrogens is 3. The fourth-order valence-corrected chi connectivity index (χ4v) is 3.21. The normalized spacial score (nSPS) is 11.2. The largest absolute Gasteiger partial charge is 0.345 e. The summed E-state index contributed by atoms with van der Waals surface area (Å²) < 4.78 is 3.80. The molecule has 0 radical (unpaired) electrons. The summed E-state index contributed by atoms with van der Waals surface area (Å²) in [7, 11) is 0. The van der Waals surface area contributed by atoms with Crippen molar-refractivity contribution in [2.24, 2.45) is 0 Å². The Bertz CT molecular complexity index is 1080. The Balaban J connectivity index is 1.85. The maximum absolute atomic E-state index is 12.9. The van der Waals surface area contributed by atoms with Crippen molar-refractivity contribution in [3.05, 3.63) is 95.1 Å². The van der Waals surface area contributed by atoms with Gasteiger partial charge in [0, 0.05) is 35.3 Å². The van der Waals surface area contributed by atoms with E-state index >= 15 is 0 Å². The molecule has 3 rings (SSSR count). The second kappa shape index (κ2) is 8.36. The Hall–Kier alpha value is -3.65. The van der Waals surface area contributed by atoms with Gasteiger partial charge < -0.3 is 4.57 Å². The molecule has 0 fully saturated rings. The quantitative estimate of drug-likeness (QED) is 0.269. The van der Waals surface area contributed by atoms with Gasteiger partial charge in [0.15, 0.2) is 0 Å². The van der Waals surface area contributed by atoms with Gasteiger partial charge in [-0.25, -0.2) is 0 Å². The minimum absolute atomic E-state index is 0.0955. The fourth-order valence-electron chi connectivity index (χ4n) is 3.21. The van der Waals surface area contributed by atoms with Crippen LogP contribution in [-0.2, 0) is 13.1 Å². The maximum Gasteiger partial charge on any atom is 0.205 e. The number of ketones is 1. The number of aryl methyl sites for hydroxylation is 1. The van der Waals surface area contributed by atoms with E-state index in [-0.39, 0.29) is 11.4 Å². The number of allylic oxidation sites excluding steroid dienone is 2. The molecule has 140 valence electrons. The molecule has 0 aliphatic carbocycles. The Morgan fingerprint density at radius 2 is 2.04 bits per heavy atom. The molecule has 0 aliphatic heterocycles. The van der Waals surface area contributed by atoms with Gasteiger partial charge in [0.05, 0.1) is 12.7 Å². The highest BCUT2D eigenvalue weighted by molar-refractivity contribution is 6.14. The van der Waals surface area contributed by atoms with Gasteiger partial charge in [0.2, 0.25) is 5.78 Å². The highest BCUT2D eigenvalue weighted by atomic mass is 16.1. The molecule has 28 heavy (non-hydrogen) atoms. The van der Waals surface area contributed by atoms with Crippen LogP contribution in [0.2, 0.25) is 0 Å². The van der Waals surface area contributed by atoms with Crippen LogP contribution in [0.1, 0.15) is 32.9 Å². The Labute approximate surface area is 164 Å². The highest BCUT2D eigenvalue weighted by Gasteiger charge is 2.19. The van der Waals surface area contributed by atoms with E-state index in [0.717, 1.165) is 22.5 Å². The molecule has 5 nitrogen and oxygen atoms in total. The van der Waals surface area contributed by atoms with E-state index in [1.54, 1.807) is 23.0 Å². The van der Waals surface area contributed by atoms with Crippen LogP contribution >= 0.6 is 0 Å². The predicted molar refractivity (Wildman–Crippen MR) is 110 cm³/mol. The summed E-state index contributed by atoms with van der Waals surface area (Å²) in [6, 6.07) is 13.9. The number of carbonyl (C=O) groups is 1. The highest BCUT2D eigenvalue weighted by Crippen LogP contribution is 2.20. The van der Waals surface area contributed by atoms with Crippen molar-refractivity contribution < 1.29 is 4.79 Å². The molecule has 0 spiro atoms. The molecule has 1 aromatic carbocycles. The van der Waals surface area contributed by atoms with E-state index in [4.69, 9.17) is 0 Å². The first-order chi connectivity index (χ1) is 13.5. The number of carbonyl (C=O) groups excluding carboxylic acids is 1. The van der Waals surface area contributed by atoms with Crippen molar-refractivity contribution >= 4 is 11.9 Å². The molecular weight excluding hydrogens is 348 g/mol. The zero-order valence-corrected chi connectivity index (χ0v) is 16.1. The lowest BCUT2D eigenvalue weighted by Crippen LogP contribution is -2.05. The van der Waals surface area contributed by atoms with Crippen LogP contribution in [0, 0.1) is 25.2 Å². The van der Waals surface area contributed by atoms with Crippen molar-refractivity contribution in [2.45, 2.75) is 26.9 Å². The van der Waals surface area contributed by atoms with Crippen LogP contribution in [0.5, 0.6) is 0 Å². The number of Topliss-reactive ketones (excluding diaryl/α,β-unsaturated/α-hetero) is 1. The van der Waals surface area contributed by atoms with Gasteiger partial charge in [-0.2, -0.15) is 10.4 Å². The molecule has 0 bridgehead atoms. The zero-order chi connectivity index (χ0) is 20.1. The van der Waals surface area contributed by atoms with Gasteiger partial charge in [-0.15, -0.1) is 6.58 Å². The summed E-state index contributed by atoms with van der Waals surface area (Å²) >= 11 is 0. The summed E-state index contributed by atoms with van der Waals surface area (Å²) in [5.74, 6) is -0.276. The van der Waals surface area contributed by atoms with Crippen LogP contribution in [-0.4, -0.2) is 20.1 Å². The second-order valence-corrected chi connectivity index (χ2v) is 6.64. The lowest BCUT2D eigenvalue weighted by atomic mass is 10.0. The lowest BCUT2D eigenvalue weighted by Gasteiger charge is -2.05. The third kappa shape index (κ3) is 4.02. The third-order valence-electron chi connectivity index (χ3n) is 4.65. The standard InChI is InChI=1S/C23H22N4O/c1-4-10-27-17(2)11-22(18(27)3)23(28)21(13-24)12-20-14-25-26(16-20)15-19-8-6-5-7-9-19/h4-9,11-12,14,16H,1,10,15H2,2-3H3/b21-12+. The van der Waals surface area contributed by atoms with Crippen molar-refractivity contribution in [3.8, 4) is 6.07 Å². The van der Waals surface area contributed by atoms with Crippen LogP contribution in [0.4, 0.5) is 0 Å². The summed E-state index contributed by atoms with van der Waals surface area (Å²) in [4.78, 5) is 12.9. The first kappa shape index (κ1) is 19.1. The molecule has 0 N–H and O–H groups in total. The van der Waals surface area contributed by atoms with Gasteiger partial charge in [-0.3, -0.25) is 9.48 Å². The lowest BCUT2D eigenvalue weighted by molar-refractivity contribution is 0.103. The number of hydrogen-bond acceptors (Lipinski definition) is 3. The minimum Gasteiger partial charge on any atom is -0.345 e. The predicted octanol–water partition coefficient (Wildman–Crippen LogP) is 4.33.